The summed E-state index contributed by atoms with van der Waals surface area (Å²) in [6.07, 6.45) is -1.96. The zero-order valence-corrected chi connectivity index (χ0v) is 11.2. The number of alkyl halides is 1. The average Bonchev–Trinajstić information content (AvgIpc) is 2.45. The molecule has 19 heavy (non-hydrogen) atoms. The van der Waals surface area contributed by atoms with Crippen molar-refractivity contribution < 1.29 is 23.4 Å². The standard InChI is InChI=1S/C13H18FNO4/c1-4-19-13(16)11(14)12(15)9-7-8(17-2)5-6-10(9)18-3/h5-7,11-12H,4,15H2,1-3H3/t11?,12-/m1/s1. The van der Waals surface area contributed by atoms with Gasteiger partial charge in [0.05, 0.1) is 26.9 Å². The number of rotatable bonds is 6. The number of hydrogen-bond acceptors (Lipinski definition) is 5. The molecule has 2 N–H and O–H groups in total. The summed E-state index contributed by atoms with van der Waals surface area (Å²) in [7, 11) is 2.92. The molecule has 5 nitrogen and oxygen atoms in total. The lowest BCUT2D eigenvalue weighted by Gasteiger charge is -2.19. The largest absolute Gasteiger partial charge is 0.497 e. The van der Waals surface area contributed by atoms with Crippen molar-refractivity contribution in [1.29, 1.82) is 0 Å². The molecule has 0 spiro atoms. The van der Waals surface area contributed by atoms with Gasteiger partial charge in [0.15, 0.2) is 0 Å². The van der Waals surface area contributed by atoms with E-state index >= 15 is 0 Å². The molecular formula is C13H18FNO4. The molecule has 0 fully saturated rings. The van der Waals surface area contributed by atoms with E-state index in [-0.39, 0.29) is 6.61 Å². The van der Waals surface area contributed by atoms with Crippen molar-refractivity contribution in [3.63, 3.8) is 0 Å². The summed E-state index contributed by atoms with van der Waals surface area (Å²) >= 11 is 0. The lowest BCUT2D eigenvalue weighted by Crippen LogP contribution is -2.31. The summed E-state index contributed by atoms with van der Waals surface area (Å²) < 4.78 is 28.7. The molecule has 106 valence electrons. The Morgan fingerprint density at radius 3 is 2.58 bits per heavy atom. The predicted molar refractivity (Wildman–Crippen MR) is 68.0 cm³/mol. The number of hydrogen-bond donors (Lipinski definition) is 1. The first-order valence-corrected chi connectivity index (χ1v) is 5.83. The summed E-state index contributed by atoms with van der Waals surface area (Å²) in [5.74, 6) is -0.0950. The third-order valence-corrected chi connectivity index (χ3v) is 2.62. The Hall–Kier alpha value is -1.82. The Labute approximate surface area is 111 Å². The molecule has 1 aromatic carbocycles. The summed E-state index contributed by atoms with van der Waals surface area (Å²) in [4.78, 5) is 11.4. The van der Waals surface area contributed by atoms with Crippen LogP contribution in [-0.4, -0.2) is 33.0 Å². The summed E-state index contributed by atoms with van der Waals surface area (Å²) in [6.45, 7) is 1.70. The Morgan fingerprint density at radius 2 is 2.05 bits per heavy atom. The smallest absolute Gasteiger partial charge is 0.342 e. The molecule has 2 atom stereocenters. The second-order valence-electron chi connectivity index (χ2n) is 3.79. The second-order valence-corrected chi connectivity index (χ2v) is 3.79. The van der Waals surface area contributed by atoms with Crippen LogP contribution in [0.3, 0.4) is 0 Å². The molecule has 0 aliphatic heterocycles. The van der Waals surface area contributed by atoms with E-state index in [1.807, 2.05) is 0 Å². The van der Waals surface area contributed by atoms with Gasteiger partial charge in [-0.3, -0.25) is 0 Å². The van der Waals surface area contributed by atoms with Gasteiger partial charge < -0.3 is 19.9 Å². The van der Waals surface area contributed by atoms with Crippen LogP contribution < -0.4 is 15.2 Å². The number of nitrogens with two attached hydrogens (primary N) is 1. The van der Waals surface area contributed by atoms with E-state index in [1.54, 1.807) is 19.1 Å². The zero-order chi connectivity index (χ0) is 14.4. The maximum Gasteiger partial charge on any atom is 0.342 e. The van der Waals surface area contributed by atoms with Crippen LogP contribution >= 0.6 is 0 Å². The number of methoxy groups -OCH3 is 2. The highest BCUT2D eigenvalue weighted by atomic mass is 19.1. The van der Waals surface area contributed by atoms with Gasteiger partial charge in [-0.1, -0.05) is 0 Å². The van der Waals surface area contributed by atoms with Crippen LogP contribution in [0.15, 0.2) is 18.2 Å². The first-order chi connectivity index (χ1) is 9.04. The molecule has 0 saturated heterocycles. The van der Waals surface area contributed by atoms with Crippen LogP contribution in [0.25, 0.3) is 0 Å². The molecule has 0 aliphatic carbocycles. The van der Waals surface area contributed by atoms with Crippen molar-refractivity contribution in [3.8, 4) is 11.5 Å². The highest BCUT2D eigenvalue weighted by Crippen LogP contribution is 2.31. The van der Waals surface area contributed by atoms with E-state index < -0.39 is 18.2 Å². The molecule has 0 amide bonds. The molecule has 0 saturated carbocycles. The molecule has 0 aliphatic rings. The van der Waals surface area contributed by atoms with E-state index in [0.29, 0.717) is 17.1 Å². The van der Waals surface area contributed by atoms with E-state index in [0.717, 1.165) is 0 Å². The second kappa shape index (κ2) is 6.94. The molecule has 0 heterocycles. The minimum absolute atomic E-state index is 0.0984. The van der Waals surface area contributed by atoms with E-state index in [1.165, 1.54) is 20.3 Å². The third-order valence-electron chi connectivity index (χ3n) is 2.62. The van der Waals surface area contributed by atoms with Gasteiger partial charge in [0, 0.05) is 5.56 Å². The van der Waals surface area contributed by atoms with Gasteiger partial charge in [0.1, 0.15) is 11.5 Å². The predicted octanol–water partition coefficient (Wildman–Crippen LogP) is 1.60. The number of carbonyl (C=O) groups excluding carboxylic acids is 1. The van der Waals surface area contributed by atoms with E-state index in [2.05, 4.69) is 4.74 Å². The molecule has 1 rings (SSSR count). The monoisotopic (exact) mass is 271 g/mol. The van der Waals surface area contributed by atoms with Gasteiger partial charge in [-0.25, -0.2) is 9.18 Å². The normalized spacial score (nSPS) is 13.5. The van der Waals surface area contributed by atoms with Crippen LogP contribution in [0.1, 0.15) is 18.5 Å². The fraction of sp³-hybridized carbons (Fsp3) is 0.462. The lowest BCUT2D eigenvalue weighted by atomic mass is 10.0. The number of carbonyl (C=O) groups is 1. The van der Waals surface area contributed by atoms with E-state index in [9.17, 15) is 9.18 Å². The van der Waals surface area contributed by atoms with Crippen LogP contribution in [-0.2, 0) is 9.53 Å². The van der Waals surface area contributed by atoms with Crippen molar-refractivity contribution in [1.82, 2.24) is 0 Å². The van der Waals surface area contributed by atoms with Crippen molar-refractivity contribution in [2.45, 2.75) is 19.1 Å². The van der Waals surface area contributed by atoms with Gasteiger partial charge in [-0.2, -0.15) is 0 Å². The van der Waals surface area contributed by atoms with Crippen LogP contribution in [0.2, 0.25) is 0 Å². The van der Waals surface area contributed by atoms with Gasteiger partial charge >= 0.3 is 5.97 Å². The Bertz CT molecular complexity index is 439. The molecule has 0 bridgehead atoms. The number of benzene rings is 1. The topological polar surface area (TPSA) is 70.8 Å². The number of ether oxygens (including phenoxy) is 3. The molecule has 0 radical (unpaired) electrons. The minimum atomic E-state index is -1.96. The fourth-order valence-electron chi connectivity index (χ4n) is 1.63. The van der Waals surface area contributed by atoms with E-state index in [4.69, 9.17) is 15.2 Å². The van der Waals surface area contributed by atoms with Crippen molar-refractivity contribution >= 4 is 5.97 Å². The molecule has 1 unspecified atom stereocenters. The molecule has 0 aromatic heterocycles. The van der Waals surface area contributed by atoms with Crippen LogP contribution in [0.4, 0.5) is 4.39 Å². The van der Waals surface area contributed by atoms with Gasteiger partial charge in [0.25, 0.3) is 0 Å². The summed E-state index contributed by atoms with van der Waals surface area (Å²) in [5.41, 5.74) is 6.11. The third kappa shape index (κ3) is 3.57. The number of halogens is 1. The summed E-state index contributed by atoms with van der Waals surface area (Å²) in [5, 5.41) is 0. The molecule has 1 aromatic rings. The highest BCUT2D eigenvalue weighted by molar-refractivity contribution is 5.76. The zero-order valence-electron chi connectivity index (χ0n) is 11.2. The SMILES string of the molecule is CCOC(=O)C(F)[C@H](N)c1cc(OC)ccc1OC. The Kier molecular flexibility index (Phi) is 5.57. The van der Waals surface area contributed by atoms with Crippen LogP contribution in [0, 0.1) is 0 Å². The Morgan fingerprint density at radius 1 is 1.37 bits per heavy atom. The van der Waals surface area contributed by atoms with Crippen LogP contribution in [0.5, 0.6) is 11.5 Å². The number of esters is 1. The quantitative estimate of drug-likeness (QED) is 0.796. The van der Waals surface area contributed by atoms with Crippen molar-refractivity contribution in [2.24, 2.45) is 5.73 Å². The molecular weight excluding hydrogens is 253 g/mol. The lowest BCUT2D eigenvalue weighted by molar-refractivity contribution is -0.149. The van der Waals surface area contributed by atoms with Gasteiger partial charge in [-0.05, 0) is 25.1 Å². The van der Waals surface area contributed by atoms with Gasteiger partial charge in [-0.15, -0.1) is 0 Å². The first kappa shape index (κ1) is 15.2. The van der Waals surface area contributed by atoms with Crippen molar-refractivity contribution in [2.75, 3.05) is 20.8 Å². The molecule has 6 heteroatoms. The maximum absolute atomic E-state index is 13.9. The summed E-state index contributed by atoms with van der Waals surface area (Å²) in [6, 6.07) is 3.62. The van der Waals surface area contributed by atoms with Gasteiger partial charge in [0.2, 0.25) is 6.17 Å². The van der Waals surface area contributed by atoms with Crippen molar-refractivity contribution in [3.05, 3.63) is 23.8 Å². The Balaban J connectivity index is 3.02. The first-order valence-electron chi connectivity index (χ1n) is 5.83. The fourth-order valence-corrected chi connectivity index (χ4v) is 1.63. The average molecular weight is 271 g/mol. The maximum atomic E-state index is 13.9. The minimum Gasteiger partial charge on any atom is -0.497 e. The highest BCUT2D eigenvalue weighted by Gasteiger charge is 2.30.